The molecule has 0 aliphatic carbocycles. The zero-order valence-electron chi connectivity index (χ0n) is 15.2. The van der Waals surface area contributed by atoms with Crippen LogP contribution in [0.2, 0.25) is 0 Å². The number of rotatable bonds is 3. The summed E-state index contributed by atoms with van der Waals surface area (Å²) in [7, 11) is 1.51. The molecular formula is C18H21IN2O5. The van der Waals surface area contributed by atoms with Gasteiger partial charge in [-0.1, -0.05) is 20.8 Å². The molecule has 0 bridgehead atoms. The maximum Gasteiger partial charge on any atom is 0.326 e. The van der Waals surface area contributed by atoms with Crippen LogP contribution in [0.15, 0.2) is 16.9 Å². The second-order valence-electron chi connectivity index (χ2n) is 7.32. The largest absolute Gasteiger partial charge is 0.506 e. The number of nitrogens with one attached hydrogen (secondary N) is 1. The number of carbonyl (C=O) groups is 2. The first-order valence-corrected chi connectivity index (χ1v) is 8.99. The van der Waals surface area contributed by atoms with Crippen LogP contribution in [0.3, 0.4) is 0 Å². The number of amides is 1. The third kappa shape index (κ3) is 3.55. The van der Waals surface area contributed by atoms with Gasteiger partial charge >= 0.3 is 5.97 Å². The van der Waals surface area contributed by atoms with Gasteiger partial charge < -0.3 is 20.1 Å². The van der Waals surface area contributed by atoms with Gasteiger partial charge in [-0.25, -0.2) is 4.79 Å². The molecule has 8 heteroatoms. The summed E-state index contributed by atoms with van der Waals surface area (Å²) in [5.41, 5.74) is -0.497. The number of aromatic nitrogens is 1. The fourth-order valence-electron chi connectivity index (χ4n) is 2.70. The number of aromatic hydroxyl groups is 1. The Hall–Kier alpha value is -2.10. The Morgan fingerprint density at radius 3 is 2.35 bits per heavy atom. The first-order chi connectivity index (χ1) is 11.9. The molecule has 140 valence electrons. The molecule has 2 aromatic rings. The van der Waals surface area contributed by atoms with Crippen molar-refractivity contribution in [3.63, 3.8) is 0 Å². The number of nitrogens with zero attached hydrogens (tertiary/aromatic N) is 1. The molecule has 0 spiro atoms. The molecule has 1 unspecified atom stereocenters. The average Bonchev–Trinajstić information content (AvgIpc) is 2.51. The number of benzene rings is 1. The summed E-state index contributed by atoms with van der Waals surface area (Å²) < 4.78 is 2.15. The first-order valence-electron chi connectivity index (χ1n) is 7.91. The molecule has 2 rings (SSSR count). The maximum absolute atomic E-state index is 12.6. The molecule has 0 radical (unpaired) electrons. The van der Waals surface area contributed by atoms with Crippen molar-refractivity contribution < 1.29 is 19.8 Å². The molecule has 0 saturated heterocycles. The molecule has 26 heavy (non-hydrogen) atoms. The van der Waals surface area contributed by atoms with Crippen molar-refractivity contribution in [2.24, 2.45) is 12.5 Å². The number of hydrogen-bond acceptors (Lipinski definition) is 4. The molecule has 1 atom stereocenters. The second kappa shape index (κ2) is 6.90. The van der Waals surface area contributed by atoms with E-state index in [0.717, 1.165) is 9.13 Å². The van der Waals surface area contributed by atoms with Crippen LogP contribution in [-0.2, 0) is 11.8 Å². The average molecular weight is 472 g/mol. The summed E-state index contributed by atoms with van der Waals surface area (Å²) in [4.78, 5) is 36.8. The van der Waals surface area contributed by atoms with Gasteiger partial charge in [-0.05, 0) is 52.6 Å². The van der Waals surface area contributed by atoms with Crippen molar-refractivity contribution in [2.45, 2.75) is 33.7 Å². The highest BCUT2D eigenvalue weighted by molar-refractivity contribution is 14.1. The zero-order chi connectivity index (χ0) is 20.0. The van der Waals surface area contributed by atoms with E-state index in [4.69, 9.17) is 0 Å². The smallest absolute Gasteiger partial charge is 0.326 e. The quantitative estimate of drug-likeness (QED) is 0.595. The Bertz CT molecular complexity index is 972. The summed E-state index contributed by atoms with van der Waals surface area (Å²) in [6.45, 7) is 6.87. The molecule has 1 aromatic carbocycles. The Morgan fingerprint density at radius 1 is 1.27 bits per heavy atom. The molecule has 1 aromatic heterocycles. The molecule has 7 nitrogen and oxygen atoms in total. The highest BCUT2D eigenvalue weighted by Crippen LogP contribution is 2.30. The van der Waals surface area contributed by atoms with Gasteiger partial charge in [0, 0.05) is 16.0 Å². The fourth-order valence-corrected chi connectivity index (χ4v) is 3.17. The lowest BCUT2D eigenvalue weighted by atomic mass is 9.86. The lowest BCUT2D eigenvalue weighted by Crippen LogP contribution is -2.50. The van der Waals surface area contributed by atoms with Gasteiger partial charge in [-0.15, -0.1) is 0 Å². The van der Waals surface area contributed by atoms with Crippen LogP contribution in [0.5, 0.6) is 5.75 Å². The number of carbonyl (C=O) groups excluding carboxylic acids is 1. The van der Waals surface area contributed by atoms with Gasteiger partial charge in [0.15, 0.2) is 0 Å². The van der Waals surface area contributed by atoms with Crippen molar-refractivity contribution in [3.05, 3.63) is 37.2 Å². The van der Waals surface area contributed by atoms with Crippen molar-refractivity contribution in [3.8, 4) is 5.75 Å². The van der Waals surface area contributed by atoms with Crippen LogP contribution in [0.25, 0.3) is 10.9 Å². The summed E-state index contributed by atoms with van der Waals surface area (Å²) in [5, 5.41) is 22.7. The van der Waals surface area contributed by atoms with E-state index in [1.54, 1.807) is 32.9 Å². The minimum atomic E-state index is -1.21. The molecule has 1 heterocycles. The van der Waals surface area contributed by atoms with Crippen LogP contribution < -0.4 is 10.9 Å². The summed E-state index contributed by atoms with van der Waals surface area (Å²) in [6, 6.07) is 2.23. The van der Waals surface area contributed by atoms with Gasteiger partial charge in [0.1, 0.15) is 17.4 Å². The van der Waals surface area contributed by atoms with Gasteiger partial charge in [-0.3, -0.25) is 9.59 Å². The molecule has 0 saturated carbocycles. The predicted octanol–water partition coefficient (Wildman–Crippen LogP) is 2.39. The summed E-state index contributed by atoms with van der Waals surface area (Å²) in [5.74, 6) is -2.58. The maximum atomic E-state index is 12.6. The molecular weight excluding hydrogens is 451 g/mol. The van der Waals surface area contributed by atoms with E-state index in [1.807, 2.05) is 6.92 Å². The van der Waals surface area contributed by atoms with E-state index >= 15 is 0 Å². The Labute approximate surface area is 164 Å². The standard InChI is InChI=1S/C18H21IN2O5/c1-8-6-11-9(7-10(8)19)13(22)12(16(24)21(11)5)15(23)20-14(17(25)26)18(2,3)4/h6-7,14,22H,1-5H3,(H,20,23)(H,25,26). The fraction of sp³-hybridized carbons (Fsp3) is 0.389. The first kappa shape index (κ1) is 20.2. The zero-order valence-corrected chi connectivity index (χ0v) is 17.3. The summed E-state index contributed by atoms with van der Waals surface area (Å²) >= 11 is 2.10. The Balaban J connectivity index is 2.66. The van der Waals surface area contributed by atoms with Crippen LogP contribution in [0, 0.1) is 15.9 Å². The van der Waals surface area contributed by atoms with Gasteiger partial charge in [0.05, 0.1) is 5.52 Å². The molecule has 0 fully saturated rings. The van der Waals surface area contributed by atoms with Crippen molar-refractivity contribution in [1.29, 1.82) is 0 Å². The van der Waals surface area contributed by atoms with E-state index < -0.39 is 40.2 Å². The molecule has 0 aliphatic heterocycles. The van der Waals surface area contributed by atoms with Gasteiger partial charge in [0.2, 0.25) is 0 Å². The minimum absolute atomic E-state index is 0.356. The monoisotopic (exact) mass is 472 g/mol. The van der Waals surface area contributed by atoms with E-state index in [-0.39, 0.29) is 0 Å². The van der Waals surface area contributed by atoms with Crippen molar-refractivity contribution in [1.82, 2.24) is 9.88 Å². The van der Waals surface area contributed by atoms with E-state index in [0.29, 0.717) is 10.9 Å². The lowest BCUT2D eigenvalue weighted by Gasteiger charge is -2.27. The number of aryl methyl sites for hydroxylation is 2. The number of carboxylic acids is 1. The highest BCUT2D eigenvalue weighted by Gasteiger charge is 2.34. The molecule has 1 amide bonds. The third-order valence-electron chi connectivity index (χ3n) is 4.26. The number of fused-ring (bicyclic) bond motifs is 1. The van der Waals surface area contributed by atoms with E-state index in [1.165, 1.54) is 11.6 Å². The number of halogens is 1. The highest BCUT2D eigenvalue weighted by atomic mass is 127. The van der Waals surface area contributed by atoms with Crippen LogP contribution in [-0.4, -0.2) is 32.7 Å². The van der Waals surface area contributed by atoms with Crippen molar-refractivity contribution >= 4 is 45.4 Å². The molecule has 0 aliphatic rings. The van der Waals surface area contributed by atoms with E-state index in [9.17, 15) is 24.6 Å². The van der Waals surface area contributed by atoms with Crippen LogP contribution in [0.4, 0.5) is 0 Å². The van der Waals surface area contributed by atoms with Crippen LogP contribution >= 0.6 is 22.6 Å². The minimum Gasteiger partial charge on any atom is -0.506 e. The van der Waals surface area contributed by atoms with Gasteiger partial charge in [0.25, 0.3) is 11.5 Å². The summed E-state index contributed by atoms with van der Waals surface area (Å²) in [6.07, 6.45) is 0. The Kier molecular flexibility index (Phi) is 5.36. The normalized spacial score (nSPS) is 12.8. The second-order valence-corrected chi connectivity index (χ2v) is 8.48. The lowest BCUT2D eigenvalue weighted by molar-refractivity contribution is -0.142. The Morgan fingerprint density at radius 2 is 1.85 bits per heavy atom. The van der Waals surface area contributed by atoms with E-state index in [2.05, 4.69) is 27.9 Å². The van der Waals surface area contributed by atoms with Crippen molar-refractivity contribution in [2.75, 3.05) is 0 Å². The predicted molar refractivity (Wildman–Crippen MR) is 107 cm³/mol. The van der Waals surface area contributed by atoms with Gasteiger partial charge in [-0.2, -0.15) is 0 Å². The number of aliphatic carboxylic acids is 1. The topological polar surface area (TPSA) is 109 Å². The third-order valence-corrected chi connectivity index (χ3v) is 5.43. The van der Waals surface area contributed by atoms with Crippen LogP contribution in [0.1, 0.15) is 36.7 Å². The molecule has 3 N–H and O–H groups in total. The number of hydrogen-bond donors (Lipinski definition) is 3. The number of carboxylic acid groups (broad SMARTS) is 1. The number of pyridine rings is 1. The SMILES string of the molecule is Cc1cc2c(cc1I)c(O)c(C(=O)NC(C(=O)O)C(C)(C)C)c(=O)n2C.